The topological polar surface area (TPSA) is 21.3 Å². The Morgan fingerprint density at radius 3 is 2.56 bits per heavy atom. The van der Waals surface area contributed by atoms with Crippen molar-refractivity contribution < 1.29 is 4.74 Å². The number of hydrogen-bond acceptors (Lipinski definition) is 2. The van der Waals surface area contributed by atoms with Crippen molar-refractivity contribution in [2.45, 2.75) is 46.1 Å². The normalized spacial score (nSPS) is 16.7. The minimum absolute atomic E-state index is 0.537. The van der Waals surface area contributed by atoms with Crippen LogP contribution < -0.4 is 10.1 Å². The van der Waals surface area contributed by atoms with Gasteiger partial charge in [-0.2, -0.15) is 0 Å². The smallest absolute Gasteiger partial charge is 0.122 e. The summed E-state index contributed by atoms with van der Waals surface area (Å²) in [6, 6.07) is 5.02. The van der Waals surface area contributed by atoms with Crippen LogP contribution in [0.15, 0.2) is 12.1 Å². The molecule has 0 heterocycles. The zero-order chi connectivity index (χ0) is 13.1. The van der Waals surface area contributed by atoms with E-state index in [1.165, 1.54) is 36.0 Å². The predicted octanol–water partition coefficient (Wildman–Crippen LogP) is 3.76. The van der Waals surface area contributed by atoms with Gasteiger partial charge in [0, 0.05) is 6.04 Å². The van der Waals surface area contributed by atoms with Gasteiger partial charge in [-0.3, -0.25) is 0 Å². The first-order valence-corrected chi connectivity index (χ1v) is 7.05. The van der Waals surface area contributed by atoms with Crippen LogP contribution in [-0.2, 0) is 0 Å². The molecule has 1 aliphatic rings. The van der Waals surface area contributed by atoms with Crippen LogP contribution in [0.2, 0.25) is 0 Å². The Bertz CT molecular complexity index is 410. The average molecular weight is 247 g/mol. The Hall–Kier alpha value is -1.02. The Morgan fingerprint density at radius 2 is 2.00 bits per heavy atom. The number of methoxy groups -OCH3 is 1. The summed E-state index contributed by atoms with van der Waals surface area (Å²) in [5.74, 6) is 1.84. The zero-order valence-corrected chi connectivity index (χ0v) is 12.0. The molecule has 0 radical (unpaired) electrons. The molecular formula is C16H25NO. The number of rotatable bonds is 6. The summed E-state index contributed by atoms with van der Waals surface area (Å²) in [4.78, 5) is 0. The van der Waals surface area contributed by atoms with Gasteiger partial charge in [0.25, 0.3) is 0 Å². The van der Waals surface area contributed by atoms with Crippen molar-refractivity contribution >= 4 is 0 Å². The quantitative estimate of drug-likeness (QED) is 0.826. The van der Waals surface area contributed by atoms with Crippen LogP contribution in [0, 0.1) is 19.8 Å². The predicted molar refractivity (Wildman–Crippen MR) is 76.2 cm³/mol. The standard InChI is InChI=1S/C16H25NO/c1-5-8-17-16(13-6-7-13)14-9-12(3)15(18-4)10-11(14)2/h9-10,13,16-17H,5-8H2,1-4H3. The molecule has 0 saturated heterocycles. The van der Waals surface area contributed by atoms with Crippen LogP contribution in [-0.4, -0.2) is 13.7 Å². The van der Waals surface area contributed by atoms with Gasteiger partial charge in [-0.1, -0.05) is 13.0 Å². The maximum atomic E-state index is 5.40. The highest BCUT2D eigenvalue weighted by atomic mass is 16.5. The lowest BCUT2D eigenvalue weighted by Crippen LogP contribution is -2.24. The summed E-state index contributed by atoms with van der Waals surface area (Å²) in [5, 5.41) is 3.71. The molecule has 1 aromatic rings. The first-order valence-electron chi connectivity index (χ1n) is 7.05. The van der Waals surface area contributed by atoms with Gasteiger partial charge in [-0.05, 0) is 68.3 Å². The minimum Gasteiger partial charge on any atom is -0.496 e. The molecule has 0 amide bonds. The molecular weight excluding hydrogens is 222 g/mol. The van der Waals surface area contributed by atoms with Crippen LogP contribution in [0.4, 0.5) is 0 Å². The molecule has 1 aromatic carbocycles. The molecule has 1 N–H and O–H groups in total. The van der Waals surface area contributed by atoms with Crippen molar-refractivity contribution in [1.29, 1.82) is 0 Å². The minimum atomic E-state index is 0.537. The lowest BCUT2D eigenvalue weighted by molar-refractivity contribution is 0.410. The lowest BCUT2D eigenvalue weighted by atomic mass is 9.95. The molecule has 1 unspecified atom stereocenters. The van der Waals surface area contributed by atoms with E-state index in [-0.39, 0.29) is 0 Å². The van der Waals surface area contributed by atoms with Gasteiger partial charge in [-0.25, -0.2) is 0 Å². The van der Waals surface area contributed by atoms with E-state index in [2.05, 4.69) is 38.2 Å². The molecule has 0 aromatic heterocycles. The summed E-state index contributed by atoms with van der Waals surface area (Å²) in [7, 11) is 1.75. The average Bonchev–Trinajstić information content (AvgIpc) is 3.17. The highest BCUT2D eigenvalue weighted by molar-refractivity contribution is 5.43. The van der Waals surface area contributed by atoms with E-state index < -0.39 is 0 Å². The zero-order valence-electron chi connectivity index (χ0n) is 12.0. The van der Waals surface area contributed by atoms with Crippen LogP contribution in [0.1, 0.15) is 48.9 Å². The summed E-state index contributed by atoms with van der Waals surface area (Å²) in [6.07, 6.45) is 3.93. The molecule has 2 heteroatoms. The molecule has 100 valence electrons. The highest BCUT2D eigenvalue weighted by Crippen LogP contribution is 2.42. The van der Waals surface area contributed by atoms with Gasteiger partial charge >= 0.3 is 0 Å². The van der Waals surface area contributed by atoms with Crippen molar-refractivity contribution in [2.75, 3.05) is 13.7 Å². The summed E-state index contributed by atoms with van der Waals surface area (Å²) < 4.78 is 5.40. The molecule has 0 spiro atoms. The summed E-state index contributed by atoms with van der Waals surface area (Å²) >= 11 is 0. The molecule has 1 aliphatic carbocycles. The largest absolute Gasteiger partial charge is 0.496 e. The van der Waals surface area contributed by atoms with Crippen molar-refractivity contribution in [3.05, 3.63) is 28.8 Å². The highest BCUT2D eigenvalue weighted by Gasteiger charge is 2.32. The second kappa shape index (κ2) is 5.75. The number of hydrogen-bond donors (Lipinski definition) is 1. The van der Waals surface area contributed by atoms with Crippen molar-refractivity contribution in [1.82, 2.24) is 5.32 Å². The molecule has 1 saturated carbocycles. The molecule has 1 atom stereocenters. The van der Waals surface area contributed by atoms with Crippen molar-refractivity contribution in [3.8, 4) is 5.75 Å². The Morgan fingerprint density at radius 1 is 1.28 bits per heavy atom. The number of ether oxygens (including phenoxy) is 1. The fourth-order valence-corrected chi connectivity index (χ4v) is 2.63. The second-order valence-corrected chi connectivity index (χ2v) is 5.45. The number of aryl methyl sites for hydroxylation is 2. The molecule has 0 aliphatic heterocycles. The molecule has 1 fully saturated rings. The molecule has 2 nitrogen and oxygen atoms in total. The SMILES string of the molecule is CCCNC(c1cc(C)c(OC)cc1C)C1CC1. The van der Waals surface area contributed by atoms with Crippen LogP contribution in [0.25, 0.3) is 0 Å². The fraction of sp³-hybridized carbons (Fsp3) is 0.625. The second-order valence-electron chi connectivity index (χ2n) is 5.45. The Balaban J connectivity index is 2.26. The number of nitrogens with one attached hydrogen (secondary N) is 1. The van der Waals surface area contributed by atoms with Gasteiger partial charge in [0.1, 0.15) is 5.75 Å². The van der Waals surface area contributed by atoms with Gasteiger partial charge in [0.05, 0.1) is 7.11 Å². The summed E-state index contributed by atoms with van der Waals surface area (Å²) in [5.41, 5.74) is 4.05. The van der Waals surface area contributed by atoms with E-state index in [4.69, 9.17) is 4.74 Å². The van der Waals surface area contributed by atoms with Gasteiger partial charge in [0.2, 0.25) is 0 Å². The van der Waals surface area contributed by atoms with Crippen molar-refractivity contribution in [2.24, 2.45) is 5.92 Å². The Kier molecular flexibility index (Phi) is 4.28. The molecule has 0 bridgehead atoms. The van der Waals surface area contributed by atoms with Gasteiger partial charge in [0.15, 0.2) is 0 Å². The maximum absolute atomic E-state index is 5.40. The number of benzene rings is 1. The van der Waals surface area contributed by atoms with Gasteiger partial charge < -0.3 is 10.1 Å². The van der Waals surface area contributed by atoms with Gasteiger partial charge in [-0.15, -0.1) is 0 Å². The van der Waals surface area contributed by atoms with E-state index in [0.717, 1.165) is 18.2 Å². The van der Waals surface area contributed by atoms with E-state index in [9.17, 15) is 0 Å². The third-order valence-electron chi connectivity index (χ3n) is 3.83. The fourth-order valence-electron chi connectivity index (χ4n) is 2.63. The molecule has 2 rings (SSSR count). The third kappa shape index (κ3) is 2.86. The molecule has 18 heavy (non-hydrogen) atoms. The Labute approximate surface area is 111 Å². The first-order chi connectivity index (χ1) is 8.67. The van der Waals surface area contributed by atoms with E-state index >= 15 is 0 Å². The first kappa shape index (κ1) is 13.4. The van der Waals surface area contributed by atoms with Crippen LogP contribution in [0.5, 0.6) is 5.75 Å². The summed E-state index contributed by atoms with van der Waals surface area (Å²) in [6.45, 7) is 7.65. The lowest BCUT2D eigenvalue weighted by Gasteiger charge is -2.22. The van der Waals surface area contributed by atoms with E-state index in [0.29, 0.717) is 6.04 Å². The van der Waals surface area contributed by atoms with Crippen LogP contribution in [0.3, 0.4) is 0 Å². The van der Waals surface area contributed by atoms with E-state index in [1.807, 2.05) is 0 Å². The monoisotopic (exact) mass is 247 g/mol. The van der Waals surface area contributed by atoms with Crippen molar-refractivity contribution in [3.63, 3.8) is 0 Å². The van der Waals surface area contributed by atoms with Crippen LogP contribution >= 0.6 is 0 Å². The van der Waals surface area contributed by atoms with E-state index in [1.54, 1.807) is 7.11 Å². The third-order valence-corrected chi connectivity index (χ3v) is 3.83. The maximum Gasteiger partial charge on any atom is 0.122 e.